The number of benzene rings is 3. The highest BCUT2D eigenvalue weighted by Crippen LogP contribution is 2.31. The fraction of sp³-hybridized carbons (Fsp3) is 0.136. The fourth-order valence-electron chi connectivity index (χ4n) is 2.92. The molecule has 0 spiro atoms. The number of carbonyl (C=O) groups is 1. The number of aryl methyl sites for hydroxylation is 2. The van der Waals surface area contributed by atoms with E-state index in [1.54, 1.807) is 13.8 Å². The molecular formula is C22H19ClF3N3O4S. The molecule has 0 aliphatic rings. The molecule has 0 aromatic heterocycles. The largest absolute Gasteiger partial charge is 0.573 e. The first kappa shape index (κ1) is 25.2. The highest BCUT2D eigenvalue weighted by Gasteiger charge is 2.32. The van der Waals surface area contributed by atoms with Crippen LogP contribution in [0, 0.1) is 13.8 Å². The molecule has 7 nitrogen and oxygen atoms in total. The zero-order valence-electron chi connectivity index (χ0n) is 17.8. The topological polar surface area (TPSA) is 96.5 Å². The summed E-state index contributed by atoms with van der Waals surface area (Å²) in [6, 6.07) is 13.2. The Kier molecular flexibility index (Phi) is 7.27. The molecule has 0 fully saturated rings. The summed E-state index contributed by atoms with van der Waals surface area (Å²) in [6.07, 6.45) is -4.95. The van der Waals surface area contributed by atoms with Crippen molar-refractivity contribution in [2.24, 2.45) is 0 Å². The first-order chi connectivity index (χ1) is 15.8. The van der Waals surface area contributed by atoms with Gasteiger partial charge >= 0.3 is 12.4 Å². The van der Waals surface area contributed by atoms with E-state index in [-0.39, 0.29) is 22.0 Å². The lowest BCUT2D eigenvalue weighted by molar-refractivity contribution is -0.274. The molecule has 12 heteroatoms. The third-order valence-electron chi connectivity index (χ3n) is 4.44. The molecule has 0 radical (unpaired) electrons. The van der Waals surface area contributed by atoms with Gasteiger partial charge in [-0.15, -0.1) is 13.2 Å². The standard InChI is InChI=1S/C22H19ClF3N3O4S/c1-13-3-10-18(19(11-13)33-22(24,25)26)28-21(30)27-17-7-4-14(2)20(12-17)34(31,32)29-16-8-5-15(23)6-9-16/h3-12,29H,1-2H3,(H2,27,28,30). The van der Waals surface area contributed by atoms with Crippen molar-refractivity contribution in [3.8, 4) is 5.75 Å². The first-order valence-corrected chi connectivity index (χ1v) is 11.5. The number of sulfonamides is 1. The normalized spacial score (nSPS) is 11.6. The number of urea groups is 1. The third-order valence-corrected chi connectivity index (χ3v) is 6.22. The quantitative estimate of drug-likeness (QED) is 0.360. The minimum atomic E-state index is -4.95. The summed E-state index contributed by atoms with van der Waals surface area (Å²) in [5.41, 5.74) is 1.07. The molecule has 0 aliphatic heterocycles. The summed E-state index contributed by atoms with van der Waals surface area (Å²) in [6.45, 7) is 3.15. The number of amides is 2. The molecule has 2 amide bonds. The van der Waals surface area contributed by atoms with E-state index in [4.69, 9.17) is 11.6 Å². The number of carbonyl (C=O) groups excluding carboxylic acids is 1. The van der Waals surface area contributed by atoms with Crippen molar-refractivity contribution in [2.45, 2.75) is 25.1 Å². The second-order valence-corrected chi connectivity index (χ2v) is 9.31. The van der Waals surface area contributed by atoms with Crippen molar-refractivity contribution in [3.05, 3.63) is 76.8 Å². The summed E-state index contributed by atoms with van der Waals surface area (Å²) in [5, 5.41) is 5.12. The second kappa shape index (κ2) is 9.82. The van der Waals surface area contributed by atoms with Crippen LogP contribution >= 0.6 is 11.6 Å². The van der Waals surface area contributed by atoms with Crippen LogP contribution < -0.4 is 20.1 Å². The maximum Gasteiger partial charge on any atom is 0.573 e. The van der Waals surface area contributed by atoms with Crippen LogP contribution in [0.2, 0.25) is 5.02 Å². The third kappa shape index (κ3) is 6.78. The molecule has 0 atom stereocenters. The van der Waals surface area contributed by atoms with Gasteiger partial charge in [-0.1, -0.05) is 23.7 Å². The Hall–Kier alpha value is -3.44. The van der Waals surface area contributed by atoms with Crippen molar-refractivity contribution in [1.82, 2.24) is 0 Å². The van der Waals surface area contributed by atoms with E-state index in [0.717, 1.165) is 6.07 Å². The summed E-state index contributed by atoms with van der Waals surface area (Å²) >= 11 is 5.81. The number of hydrogen-bond donors (Lipinski definition) is 3. The van der Waals surface area contributed by atoms with E-state index in [2.05, 4.69) is 20.1 Å². The minimum Gasteiger partial charge on any atom is -0.404 e. The number of halogens is 4. The van der Waals surface area contributed by atoms with Gasteiger partial charge in [0, 0.05) is 16.4 Å². The van der Waals surface area contributed by atoms with Crippen molar-refractivity contribution in [1.29, 1.82) is 0 Å². The van der Waals surface area contributed by atoms with Crippen molar-refractivity contribution >= 4 is 44.7 Å². The number of hydrogen-bond acceptors (Lipinski definition) is 4. The Morgan fingerprint density at radius 2 is 1.56 bits per heavy atom. The SMILES string of the molecule is Cc1ccc(NC(=O)Nc2ccc(C)c(S(=O)(=O)Nc3ccc(Cl)cc3)c2)c(OC(F)(F)F)c1. The molecule has 0 bridgehead atoms. The highest BCUT2D eigenvalue weighted by molar-refractivity contribution is 7.92. The van der Waals surface area contributed by atoms with Crippen LogP contribution in [0.25, 0.3) is 0 Å². The molecular weight excluding hydrogens is 495 g/mol. The van der Waals surface area contributed by atoms with Crippen LogP contribution in [0.1, 0.15) is 11.1 Å². The predicted octanol–water partition coefficient (Wildman–Crippen LogP) is 6.30. The molecule has 0 unspecified atom stereocenters. The van der Waals surface area contributed by atoms with E-state index < -0.39 is 28.2 Å². The van der Waals surface area contributed by atoms with Crippen LogP contribution in [-0.4, -0.2) is 20.8 Å². The molecule has 3 N–H and O–H groups in total. The van der Waals surface area contributed by atoms with Gasteiger partial charge in [0.15, 0.2) is 5.75 Å². The Bertz CT molecular complexity index is 1310. The monoisotopic (exact) mass is 513 g/mol. The first-order valence-electron chi connectivity index (χ1n) is 9.66. The molecule has 3 rings (SSSR count). The van der Waals surface area contributed by atoms with Gasteiger partial charge in [0.2, 0.25) is 0 Å². The molecule has 0 aliphatic carbocycles. The van der Waals surface area contributed by atoms with E-state index in [0.29, 0.717) is 16.1 Å². The van der Waals surface area contributed by atoms with Gasteiger partial charge in [-0.05, 0) is 73.5 Å². The molecule has 3 aromatic rings. The van der Waals surface area contributed by atoms with E-state index in [1.165, 1.54) is 54.6 Å². The van der Waals surface area contributed by atoms with Gasteiger partial charge < -0.3 is 15.4 Å². The van der Waals surface area contributed by atoms with Crippen molar-refractivity contribution in [2.75, 3.05) is 15.4 Å². The maximum absolute atomic E-state index is 12.9. The second-order valence-electron chi connectivity index (χ2n) is 7.22. The number of alkyl halides is 3. The Morgan fingerprint density at radius 1 is 0.912 bits per heavy atom. The predicted molar refractivity (Wildman–Crippen MR) is 124 cm³/mol. The zero-order chi connectivity index (χ0) is 25.1. The summed E-state index contributed by atoms with van der Waals surface area (Å²) in [4.78, 5) is 12.3. The summed E-state index contributed by atoms with van der Waals surface area (Å²) < 4.78 is 70.2. The molecule has 0 saturated carbocycles. The van der Waals surface area contributed by atoms with Crippen LogP contribution in [-0.2, 0) is 10.0 Å². The van der Waals surface area contributed by atoms with Crippen LogP contribution in [0.4, 0.5) is 35.0 Å². The Balaban J connectivity index is 1.79. The molecule has 34 heavy (non-hydrogen) atoms. The van der Waals surface area contributed by atoms with E-state index in [1.807, 2.05) is 0 Å². The van der Waals surface area contributed by atoms with Gasteiger partial charge in [0.05, 0.1) is 10.6 Å². The summed E-state index contributed by atoms with van der Waals surface area (Å²) in [5.74, 6) is -0.581. The van der Waals surface area contributed by atoms with Crippen LogP contribution in [0.15, 0.2) is 65.6 Å². The average molecular weight is 514 g/mol. The van der Waals surface area contributed by atoms with Crippen LogP contribution in [0.5, 0.6) is 5.75 Å². The van der Waals surface area contributed by atoms with Gasteiger partial charge in [-0.3, -0.25) is 4.72 Å². The fourth-order valence-corrected chi connectivity index (χ4v) is 4.38. The summed E-state index contributed by atoms with van der Waals surface area (Å²) in [7, 11) is -4.02. The number of ether oxygens (including phenoxy) is 1. The molecule has 0 saturated heterocycles. The number of nitrogens with one attached hydrogen (secondary N) is 3. The average Bonchev–Trinajstić information content (AvgIpc) is 2.72. The van der Waals surface area contributed by atoms with Gasteiger partial charge in [0.1, 0.15) is 0 Å². The van der Waals surface area contributed by atoms with Crippen molar-refractivity contribution in [3.63, 3.8) is 0 Å². The highest BCUT2D eigenvalue weighted by atomic mass is 35.5. The van der Waals surface area contributed by atoms with Gasteiger partial charge in [-0.2, -0.15) is 0 Å². The number of rotatable bonds is 6. The van der Waals surface area contributed by atoms with Crippen molar-refractivity contribution < 1.29 is 31.1 Å². The smallest absolute Gasteiger partial charge is 0.404 e. The Morgan fingerprint density at radius 3 is 2.21 bits per heavy atom. The number of anilines is 3. The van der Waals surface area contributed by atoms with Crippen LogP contribution in [0.3, 0.4) is 0 Å². The van der Waals surface area contributed by atoms with Gasteiger partial charge in [-0.25, -0.2) is 13.2 Å². The minimum absolute atomic E-state index is 0.100. The van der Waals surface area contributed by atoms with E-state index in [9.17, 15) is 26.4 Å². The zero-order valence-corrected chi connectivity index (χ0v) is 19.4. The molecule has 0 heterocycles. The Labute approximate surface area is 198 Å². The lowest BCUT2D eigenvalue weighted by Gasteiger charge is -2.16. The van der Waals surface area contributed by atoms with E-state index >= 15 is 0 Å². The lowest BCUT2D eigenvalue weighted by Crippen LogP contribution is -2.22. The maximum atomic E-state index is 12.9. The van der Waals surface area contributed by atoms with Gasteiger partial charge in [0.25, 0.3) is 10.0 Å². The molecule has 180 valence electrons. The lowest BCUT2D eigenvalue weighted by atomic mass is 10.2. The molecule has 3 aromatic carbocycles.